The molecular formula is C36H52N10O21P2. The number of aliphatic hydroxyl groups excluding tert-OH is 5. The van der Waals surface area contributed by atoms with Crippen molar-refractivity contribution in [2.24, 2.45) is 0 Å². The minimum Gasteiger partial charge on any atom is -0.491 e. The Bertz CT molecular complexity index is 2420. The van der Waals surface area contributed by atoms with Gasteiger partial charge in [0.05, 0.1) is 65.8 Å². The molecule has 4 aromatic rings. The number of hydrogen-bond donors (Lipinski definition) is 10. The molecule has 6 rings (SSSR count). The van der Waals surface area contributed by atoms with Gasteiger partial charge >= 0.3 is 15.6 Å². The zero-order chi connectivity index (χ0) is 49.7. The molecule has 0 saturated carbocycles. The van der Waals surface area contributed by atoms with Crippen LogP contribution in [0.15, 0.2) is 35.4 Å². The molecule has 6 unspecified atom stereocenters. The van der Waals surface area contributed by atoms with Crippen LogP contribution < -0.4 is 21.3 Å². The minimum absolute atomic E-state index is 0.0323. The van der Waals surface area contributed by atoms with Crippen molar-refractivity contribution in [3.05, 3.63) is 46.8 Å². The molecule has 0 spiro atoms. The molecule has 382 valence electrons. The summed E-state index contributed by atoms with van der Waals surface area (Å²) in [5.74, 6) is 0.669. The Morgan fingerprint density at radius 2 is 1.41 bits per heavy atom. The smallest absolute Gasteiger partial charge is 0.483 e. The molecule has 33 heteroatoms. The predicted octanol–water partition coefficient (Wildman–Crippen LogP) is -3.41. The first-order valence-corrected chi connectivity index (χ1v) is 23.9. The number of H-pyrrole nitrogens is 1. The second-order valence-electron chi connectivity index (χ2n) is 14.9. The van der Waals surface area contributed by atoms with Crippen LogP contribution in [0.2, 0.25) is 0 Å². The van der Waals surface area contributed by atoms with Gasteiger partial charge in [0.2, 0.25) is 17.7 Å². The standard InChI is InChI=1S/C36H52N10O21P2/c1-19-42-44-31(45-43-19)20-2-4-21(5-3-20)62-15-14-61-13-12-60-11-10-59-9-8-58-7-6-24(47)38-16-22-26(48)28(50)30(52)35(65-22)66-69(56,57)67-68(54,55)63-17-23-27(49)29(51)34(64-23)46-18-39-25-32(46)40-36(37)41-33(25)53/h2-5,18,22-23,26-30,34-35,48-52H,6-17H2,1H3,(H,38,47)(H,54,55)(H,56,57)(H3,37,40,41,53)/t22?,23-,26-,27?,28?,29+,30?,34-,35-/m1/s1. The number of aliphatic hydroxyl groups is 5. The van der Waals surface area contributed by atoms with E-state index in [4.69, 9.17) is 47.9 Å². The number of benzene rings is 1. The molecule has 2 saturated heterocycles. The largest absolute Gasteiger partial charge is 0.491 e. The summed E-state index contributed by atoms with van der Waals surface area (Å²) in [4.78, 5) is 55.0. The van der Waals surface area contributed by atoms with Gasteiger partial charge in [0.25, 0.3) is 5.56 Å². The first kappa shape index (κ1) is 53.7. The van der Waals surface area contributed by atoms with Gasteiger partial charge < -0.3 is 79.5 Å². The Kier molecular flexibility index (Phi) is 19.5. The number of anilines is 1. The minimum atomic E-state index is -5.73. The first-order chi connectivity index (χ1) is 32.9. The number of nitrogen functional groups attached to an aromatic ring is 1. The number of carbonyl (C=O) groups excluding carboxylic acids is 1. The van der Waals surface area contributed by atoms with E-state index in [0.29, 0.717) is 50.4 Å². The number of rotatable bonds is 27. The second kappa shape index (κ2) is 25.0. The fourth-order valence-electron chi connectivity index (χ4n) is 6.41. The molecule has 1 aromatic carbocycles. The van der Waals surface area contributed by atoms with Crippen LogP contribution in [0.25, 0.3) is 22.6 Å². The van der Waals surface area contributed by atoms with E-state index >= 15 is 0 Å². The van der Waals surface area contributed by atoms with Crippen LogP contribution >= 0.6 is 15.6 Å². The lowest BCUT2D eigenvalue weighted by Crippen LogP contribution is -2.60. The summed E-state index contributed by atoms with van der Waals surface area (Å²) in [6.07, 6.45) is -15.6. The summed E-state index contributed by atoms with van der Waals surface area (Å²) in [6, 6.07) is 7.18. The summed E-state index contributed by atoms with van der Waals surface area (Å²) < 4.78 is 78.4. The van der Waals surface area contributed by atoms with Crippen molar-refractivity contribution in [2.45, 2.75) is 68.6 Å². The Morgan fingerprint density at radius 1 is 0.797 bits per heavy atom. The monoisotopic (exact) mass is 1020 g/mol. The summed E-state index contributed by atoms with van der Waals surface area (Å²) in [7, 11) is -11.3. The van der Waals surface area contributed by atoms with E-state index in [2.05, 4.69) is 45.0 Å². The number of hydrogen-bond acceptors (Lipinski definition) is 26. The lowest BCUT2D eigenvalue weighted by Gasteiger charge is -2.40. The van der Waals surface area contributed by atoms with Crippen LogP contribution in [0.3, 0.4) is 0 Å². The van der Waals surface area contributed by atoms with Gasteiger partial charge in [0.15, 0.2) is 29.5 Å². The molecule has 2 aliphatic rings. The maximum Gasteiger partial charge on any atom is 0.483 e. The van der Waals surface area contributed by atoms with E-state index in [9.17, 15) is 54.0 Å². The molecular weight excluding hydrogens is 970 g/mol. The van der Waals surface area contributed by atoms with Gasteiger partial charge in [-0.3, -0.25) is 28.2 Å². The van der Waals surface area contributed by atoms with Crippen LogP contribution in [-0.2, 0) is 55.7 Å². The number of aromatic amines is 1. The molecule has 11 N–H and O–H groups in total. The number of phosphoric ester groups is 2. The molecule has 2 aliphatic heterocycles. The summed E-state index contributed by atoms with van der Waals surface area (Å²) in [5.41, 5.74) is 5.31. The highest BCUT2D eigenvalue weighted by atomic mass is 31.3. The van der Waals surface area contributed by atoms with Gasteiger partial charge in [-0.2, -0.15) is 9.29 Å². The highest BCUT2D eigenvalue weighted by Crippen LogP contribution is 2.61. The number of nitrogens with zero attached hydrogens (tertiary/aromatic N) is 7. The Morgan fingerprint density at radius 3 is 2.06 bits per heavy atom. The third-order valence-corrected chi connectivity index (χ3v) is 12.5. The van der Waals surface area contributed by atoms with Crippen molar-refractivity contribution in [3.63, 3.8) is 0 Å². The lowest BCUT2D eigenvalue weighted by molar-refractivity contribution is -0.273. The number of ether oxygens (including phenoxy) is 7. The summed E-state index contributed by atoms with van der Waals surface area (Å²) in [6.45, 7) is 2.45. The van der Waals surface area contributed by atoms with Crippen LogP contribution in [0.5, 0.6) is 5.75 Å². The molecule has 0 radical (unpaired) electrons. The molecule has 31 nitrogen and oxygen atoms in total. The zero-order valence-electron chi connectivity index (χ0n) is 36.5. The quantitative estimate of drug-likeness (QED) is 0.0205. The lowest BCUT2D eigenvalue weighted by atomic mass is 9.99. The van der Waals surface area contributed by atoms with Gasteiger partial charge in [-0.05, 0) is 31.2 Å². The van der Waals surface area contributed by atoms with E-state index in [0.717, 1.165) is 16.5 Å². The molecule has 5 heterocycles. The molecule has 0 aliphatic carbocycles. The number of fused-ring (bicyclic) bond motifs is 1. The zero-order valence-corrected chi connectivity index (χ0v) is 38.3. The molecule has 2 fully saturated rings. The average molecular weight is 1020 g/mol. The number of phosphoric acid groups is 2. The Hall–Kier alpha value is -4.60. The molecule has 1 amide bonds. The Labute approximate surface area is 390 Å². The summed E-state index contributed by atoms with van der Waals surface area (Å²) in [5, 5.41) is 70.5. The average Bonchev–Trinajstić information content (AvgIpc) is 3.85. The third kappa shape index (κ3) is 15.4. The maximum atomic E-state index is 12.8. The fourth-order valence-corrected chi connectivity index (χ4v) is 8.57. The van der Waals surface area contributed by atoms with Crippen LogP contribution in [0.1, 0.15) is 18.5 Å². The highest BCUT2D eigenvalue weighted by molar-refractivity contribution is 7.61. The Balaban J connectivity index is 0.798. The van der Waals surface area contributed by atoms with Gasteiger partial charge in [-0.25, -0.2) is 14.1 Å². The SMILES string of the molecule is Cc1nnc(-c2ccc(OCCOCCOCCOCCOCCC(=O)NCC3O[C@H](OP(=O)(O)OP(=O)(O)OC[C@H]4O[C@@H](n5cnc6c(=O)[nH]c(N)nc65)[C@@H](O)C4O)C(O)C(O)[C@@H]3O)cc2)nn1. The van der Waals surface area contributed by atoms with Crippen LogP contribution in [0.4, 0.5) is 5.95 Å². The van der Waals surface area contributed by atoms with Crippen molar-refractivity contribution in [2.75, 3.05) is 78.3 Å². The van der Waals surface area contributed by atoms with Gasteiger partial charge in [0.1, 0.15) is 55.1 Å². The molecule has 0 bridgehead atoms. The van der Waals surface area contributed by atoms with Crippen LogP contribution in [-0.4, -0.2) is 203 Å². The second-order valence-corrected chi connectivity index (χ2v) is 17.9. The van der Waals surface area contributed by atoms with Crippen molar-refractivity contribution in [1.82, 2.24) is 45.2 Å². The van der Waals surface area contributed by atoms with Crippen molar-refractivity contribution >= 4 is 38.7 Å². The van der Waals surface area contributed by atoms with E-state index in [1.54, 1.807) is 31.2 Å². The van der Waals surface area contributed by atoms with Crippen molar-refractivity contribution in [3.8, 4) is 17.1 Å². The highest BCUT2D eigenvalue weighted by Gasteiger charge is 2.50. The van der Waals surface area contributed by atoms with E-state index in [1.165, 1.54) is 0 Å². The van der Waals surface area contributed by atoms with Crippen LogP contribution in [0, 0.1) is 6.92 Å². The van der Waals surface area contributed by atoms with Gasteiger partial charge in [-0.15, -0.1) is 20.4 Å². The topological polar surface area (TPSA) is 438 Å². The number of nitrogens with two attached hydrogens (primary N) is 1. The predicted molar refractivity (Wildman–Crippen MR) is 227 cm³/mol. The van der Waals surface area contributed by atoms with Gasteiger partial charge in [-0.1, -0.05) is 0 Å². The number of carbonyl (C=O) groups is 1. The van der Waals surface area contributed by atoms with E-state index < -0.39 is 95.5 Å². The normalized spacial score (nSPS) is 25.6. The molecule has 3 aromatic heterocycles. The van der Waals surface area contributed by atoms with Crippen molar-refractivity contribution < 1.29 is 95.8 Å². The number of aromatic nitrogens is 8. The summed E-state index contributed by atoms with van der Waals surface area (Å²) >= 11 is 0. The fraction of sp³-hybridized carbons (Fsp3) is 0.611. The third-order valence-electron chi connectivity index (χ3n) is 9.85. The maximum absolute atomic E-state index is 12.8. The number of aryl methyl sites for hydroxylation is 1. The molecule has 11 atom stereocenters. The number of imidazole rings is 1. The molecule has 69 heavy (non-hydrogen) atoms. The van der Waals surface area contributed by atoms with Crippen molar-refractivity contribution in [1.29, 1.82) is 0 Å². The first-order valence-electron chi connectivity index (χ1n) is 20.9. The van der Waals surface area contributed by atoms with Gasteiger partial charge in [0, 0.05) is 18.5 Å². The van der Waals surface area contributed by atoms with E-state index in [-0.39, 0.29) is 50.0 Å². The van der Waals surface area contributed by atoms with E-state index in [1.807, 2.05) is 0 Å². The number of nitrogens with one attached hydrogen (secondary N) is 2. The number of amides is 1.